The molecule has 1 unspecified atom stereocenters. The third-order valence-corrected chi connectivity index (χ3v) is 10.3. The van der Waals surface area contributed by atoms with Gasteiger partial charge in [-0.25, -0.2) is 4.79 Å². The number of hydrogen-bond acceptors (Lipinski definition) is 4. The molecule has 1 aliphatic heterocycles. The molecule has 1 N–H and O–H groups in total. The van der Waals surface area contributed by atoms with Crippen LogP contribution in [0, 0.1) is 23.2 Å². The van der Waals surface area contributed by atoms with Gasteiger partial charge in [0.2, 0.25) is 5.91 Å². The number of alkyl halides is 2. The maximum atomic E-state index is 13.4. The summed E-state index contributed by atoms with van der Waals surface area (Å²) in [4.78, 5) is 27.6. The van der Waals surface area contributed by atoms with Crippen LogP contribution in [0.1, 0.15) is 75.6 Å². The van der Waals surface area contributed by atoms with Crippen LogP contribution in [0.5, 0.6) is 0 Å². The van der Waals surface area contributed by atoms with Gasteiger partial charge in [0.15, 0.2) is 0 Å². The van der Waals surface area contributed by atoms with Gasteiger partial charge in [0.05, 0.1) is 11.3 Å². The van der Waals surface area contributed by atoms with Crippen molar-refractivity contribution in [1.82, 2.24) is 5.32 Å². The Morgan fingerprint density at radius 2 is 1.84 bits per heavy atom. The van der Waals surface area contributed by atoms with Crippen LogP contribution in [0.4, 0.5) is 5.69 Å². The van der Waals surface area contributed by atoms with E-state index in [1.54, 1.807) is 0 Å². The fourth-order valence-electron chi connectivity index (χ4n) is 8.10. The fraction of sp³-hybridized carbons (Fsp3) is 0.667. The van der Waals surface area contributed by atoms with Crippen molar-refractivity contribution in [3.05, 3.63) is 41.5 Å². The Kier molecular flexibility index (Phi) is 7.85. The summed E-state index contributed by atoms with van der Waals surface area (Å²) < 4.78 is 6.15. The smallest absolute Gasteiger partial charge is 0.340 e. The molecule has 1 heterocycles. The van der Waals surface area contributed by atoms with Crippen LogP contribution in [0.2, 0.25) is 0 Å². The average molecular weight is 548 g/mol. The topological polar surface area (TPSA) is 58.6 Å². The Labute approximate surface area is 231 Å². The summed E-state index contributed by atoms with van der Waals surface area (Å²) in [5, 5.41) is 3.35. The van der Waals surface area contributed by atoms with E-state index in [0.717, 1.165) is 50.6 Å². The minimum atomic E-state index is -0.265. The summed E-state index contributed by atoms with van der Waals surface area (Å²) in [6.45, 7) is 5.96. The Bertz CT molecular complexity index is 1060. The highest BCUT2D eigenvalue weighted by molar-refractivity contribution is 6.18. The van der Waals surface area contributed by atoms with E-state index in [-0.39, 0.29) is 28.9 Å². The summed E-state index contributed by atoms with van der Waals surface area (Å²) >= 11 is 12.0. The molecule has 0 radical (unpaired) electrons. The molecule has 6 atom stereocenters. The molecule has 1 aromatic carbocycles. The first-order valence-corrected chi connectivity index (χ1v) is 15.0. The van der Waals surface area contributed by atoms with Gasteiger partial charge >= 0.3 is 5.97 Å². The number of fused-ring (bicyclic) bond motifs is 5. The molecule has 1 saturated heterocycles. The Balaban J connectivity index is 1.30. The summed E-state index contributed by atoms with van der Waals surface area (Å²) in [6.07, 6.45) is 10.0. The lowest BCUT2D eigenvalue weighted by atomic mass is 9.48. The van der Waals surface area contributed by atoms with E-state index in [2.05, 4.69) is 30.1 Å². The van der Waals surface area contributed by atoms with E-state index in [1.165, 1.54) is 5.57 Å². The number of allylic oxidation sites excluding steroid dienone is 1. The van der Waals surface area contributed by atoms with Crippen LogP contribution in [0.15, 0.2) is 35.9 Å². The first kappa shape index (κ1) is 26.9. The molecule has 7 heteroatoms. The average Bonchev–Trinajstić information content (AvgIpc) is 2.88. The number of piperidine rings is 1. The second-order valence-corrected chi connectivity index (χ2v) is 12.7. The molecule has 0 aromatic heterocycles. The van der Waals surface area contributed by atoms with Crippen molar-refractivity contribution in [2.24, 2.45) is 23.2 Å². The molecule has 5 rings (SSSR count). The van der Waals surface area contributed by atoms with Crippen LogP contribution in [0.3, 0.4) is 0 Å². The summed E-state index contributed by atoms with van der Waals surface area (Å²) in [6, 6.07) is 7.60. The fourth-order valence-corrected chi connectivity index (χ4v) is 8.51. The number of amides is 1. The first-order chi connectivity index (χ1) is 17.8. The van der Waals surface area contributed by atoms with E-state index < -0.39 is 0 Å². The highest BCUT2D eigenvalue weighted by Gasteiger charge is 2.56. The third kappa shape index (κ3) is 5.03. The van der Waals surface area contributed by atoms with Gasteiger partial charge in [0, 0.05) is 43.2 Å². The van der Waals surface area contributed by atoms with Gasteiger partial charge in [-0.2, -0.15) is 0 Å². The number of anilines is 1. The standard InChI is InChI=1S/C30H40Cl2N2O3/c1-29-13-11-21(37-28(36)23-5-3-4-6-26(23)34(17-15-31)18-16-32)19-20(29)7-8-22-24(29)12-14-30(2)25(22)9-10-27(35)33-30/h3-7,21-22,24-25H,8-19H2,1-2H3,(H,33,35)/t21?,22-,24+,25+,29+,30+/m1/s1. The lowest BCUT2D eigenvalue weighted by molar-refractivity contribution is -0.131. The lowest BCUT2D eigenvalue weighted by Gasteiger charge is -2.59. The number of ether oxygens (including phenoxy) is 1. The molecule has 1 amide bonds. The molecule has 4 aliphatic rings. The van der Waals surface area contributed by atoms with Crippen molar-refractivity contribution in [2.75, 3.05) is 29.7 Å². The summed E-state index contributed by atoms with van der Waals surface area (Å²) in [7, 11) is 0. The van der Waals surface area contributed by atoms with Crippen LogP contribution in [-0.2, 0) is 9.53 Å². The second-order valence-electron chi connectivity index (χ2n) is 12.0. The van der Waals surface area contributed by atoms with Crippen molar-refractivity contribution < 1.29 is 14.3 Å². The number of nitrogens with one attached hydrogen (secondary N) is 1. The number of halogens is 2. The van der Waals surface area contributed by atoms with Crippen LogP contribution in [-0.4, -0.2) is 48.4 Å². The number of hydrogen-bond donors (Lipinski definition) is 1. The SMILES string of the molecule is C[C@]12CCC(OC(=O)c3ccccc3N(CCCl)CCCl)CC1=CC[C@@H]1[C@@H]2CC[C@]2(C)NC(=O)CC[C@@H]12. The minimum Gasteiger partial charge on any atom is -0.458 e. The largest absolute Gasteiger partial charge is 0.458 e. The summed E-state index contributed by atoms with van der Waals surface area (Å²) in [5.74, 6) is 2.68. The van der Waals surface area contributed by atoms with E-state index >= 15 is 0 Å². The molecule has 1 aromatic rings. The quantitative estimate of drug-likeness (QED) is 0.246. The maximum absolute atomic E-state index is 13.4. The Hall–Kier alpha value is -1.72. The Morgan fingerprint density at radius 1 is 1.08 bits per heavy atom. The molecule has 0 bridgehead atoms. The zero-order chi connectivity index (χ0) is 26.2. The zero-order valence-electron chi connectivity index (χ0n) is 22.1. The van der Waals surface area contributed by atoms with E-state index in [1.807, 2.05) is 24.3 Å². The van der Waals surface area contributed by atoms with Crippen LogP contribution >= 0.6 is 23.2 Å². The molecule has 0 spiro atoms. The number of carbonyl (C=O) groups excluding carboxylic acids is 2. The third-order valence-electron chi connectivity index (χ3n) is 10.0. The highest BCUT2D eigenvalue weighted by Crippen LogP contribution is 2.60. The predicted molar refractivity (Wildman–Crippen MR) is 149 cm³/mol. The van der Waals surface area contributed by atoms with E-state index in [0.29, 0.717) is 54.6 Å². The van der Waals surface area contributed by atoms with Gasteiger partial charge in [0.25, 0.3) is 0 Å². The second kappa shape index (κ2) is 10.8. The van der Waals surface area contributed by atoms with Crippen LogP contribution < -0.4 is 10.2 Å². The highest BCUT2D eigenvalue weighted by atomic mass is 35.5. The number of benzene rings is 1. The van der Waals surface area contributed by atoms with Gasteiger partial charge in [0.1, 0.15) is 6.10 Å². The van der Waals surface area contributed by atoms with Crippen molar-refractivity contribution in [3.63, 3.8) is 0 Å². The molecular weight excluding hydrogens is 507 g/mol. The van der Waals surface area contributed by atoms with Gasteiger partial charge < -0.3 is 15.0 Å². The van der Waals surface area contributed by atoms with Gasteiger partial charge in [-0.1, -0.05) is 30.7 Å². The lowest BCUT2D eigenvalue weighted by Crippen LogP contribution is -2.62. The molecule has 5 nitrogen and oxygen atoms in total. The number of nitrogens with zero attached hydrogens (tertiary/aromatic N) is 1. The summed E-state index contributed by atoms with van der Waals surface area (Å²) in [5.41, 5.74) is 2.98. The predicted octanol–water partition coefficient (Wildman–Crippen LogP) is 6.33. The molecular formula is C30H40Cl2N2O3. The van der Waals surface area contributed by atoms with E-state index in [4.69, 9.17) is 27.9 Å². The van der Waals surface area contributed by atoms with Crippen molar-refractivity contribution >= 4 is 40.8 Å². The van der Waals surface area contributed by atoms with Gasteiger partial charge in [-0.3, -0.25) is 4.79 Å². The van der Waals surface area contributed by atoms with Crippen LogP contribution in [0.25, 0.3) is 0 Å². The number of para-hydroxylation sites is 1. The normalized spacial score (nSPS) is 34.8. The van der Waals surface area contributed by atoms with Crippen molar-refractivity contribution in [3.8, 4) is 0 Å². The number of rotatable bonds is 7. The molecule has 202 valence electrons. The van der Waals surface area contributed by atoms with Crippen molar-refractivity contribution in [2.45, 2.75) is 76.9 Å². The first-order valence-electron chi connectivity index (χ1n) is 14.0. The molecule has 3 aliphatic carbocycles. The Morgan fingerprint density at radius 3 is 2.59 bits per heavy atom. The minimum absolute atomic E-state index is 0.0564. The number of esters is 1. The monoisotopic (exact) mass is 546 g/mol. The molecule has 2 saturated carbocycles. The zero-order valence-corrected chi connectivity index (χ0v) is 23.6. The molecule has 3 fully saturated rings. The van der Waals surface area contributed by atoms with E-state index in [9.17, 15) is 9.59 Å². The molecule has 37 heavy (non-hydrogen) atoms. The van der Waals surface area contributed by atoms with Crippen molar-refractivity contribution in [1.29, 1.82) is 0 Å². The maximum Gasteiger partial charge on any atom is 0.340 e. The van der Waals surface area contributed by atoms with Gasteiger partial charge in [-0.05, 0) is 80.8 Å². The number of carbonyl (C=O) groups is 2. The van der Waals surface area contributed by atoms with Gasteiger partial charge in [-0.15, -0.1) is 23.2 Å².